The first-order valence-electron chi connectivity index (χ1n) is 8.54. The van der Waals surface area contributed by atoms with Gasteiger partial charge in [0.2, 0.25) is 0 Å². The predicted molar refractivity (Wildman–Crippen MR) is 110 cm³/mol. The van der Waals surface area contributed by atoms with Crippen LogP contribution in [-0.4, -0.2) is 57.0 Å². The van der Waals surface area contributed by atoms with Crippen molar-refractivity contribution in [3.63, 3.8) is 0 Å². The van der Waals surface area contributed by atoms with Crippen molar-refractivity contribution in [2.24, 2.45) is 0 Å². The molecule has 25 heavy (non-hydrogen) atoms. The van der Waals surface area contributed by atoms with Gasteiger partial charge in [0.05, 0.1) is 0 Å². The molecule has 140 valence electrons. The van der Waals surface area contributed by atoms with E-state index in [4.69, 9.17) is 0 Å². The van der Waals surface area contributed by atoms with Crippen LogP contribution in [0.5, 0.6) is 0 Å². The van der Waals surface area contributed by atoms with E-state index in [-0.39, 0.29) is 35.9 Å². The monoisotopic (exact) mass is 434 g/mol. The molecule has 0 aromatic heterocycles. The molecule has 2 aliphatic heterocycles. The van der Waals surface area contributed by atoms with Crippen molar-refractivity contribution in [1.82, 2.24) is 0 Å². The number of aliphatic carboxylic acids is 2. The van der Waals surface area contributed by atoms with Crippen LogP contribution in [0, 0.1) is 0 Å². The molecule has 2 fully saturated rings. The van der Waals surface area contributed by atoms with E-state index >= 15 is 0 Å². The number of hydrogen-bond donors (Lipinski definition) is 0. The van der Waals surface area contributed by atoms with Crippen molar-refractivity contribution in [3.05, 3.63) is 0 Å². The maximum absolute atomic E-state index is 10.1. The second-order valence-corrected chi connectivity index (χ2v) is 11.5. The van der Waals surface area contributed by atoms with E-state index in [2.05, 4.69) is 0 Å². The van der Waals surface area contributed by atoms with Gasteiger partial charge in [0.25, 0.3) is 0 Å². The smallest absolute Gasteiger partial charge is 0.550 e. The van der Waals surface area contributed by atoms with E-state index in [0.717, 1.165) is 36.2 Å². The molecule has 0 N–H and O–H groups in total. The summed E-state index contributed by atoms with van der Waals surface area (Å²) in [6.07, 6.45) is 9.01. The summed E-state index contributed by atoms with van der Waals surface area (Å²) in [5.74, 6) is 0.693. The molecule has 0 aromatic rings. The van der Waals surface area contributed by atoms with Crippen LogP contribution in [0.2, 0.25) is 0 Å². The standard InChI is InChI=1S/2C8H14O2S2.Mg/c2*9-8(10)4-2-1-3-7-5-6-11-12-7;/h2*7H,1-6H2,(H,9,10);/q;;+2/p-2. The molecular weight excluding hydrogens is 409 g/mol. The largest absolute Gasteiger partial charge is 2.00 e. The fourth-order valence-electron chi connectivity index (χ4n) is 2.41. The molecule has 2 heterocycles. The maximum atomic E-state index is 10.1. The van der Waals surface area contributed by atoms with Crippen LogP contribution in [0.15, 0.2) is 0 Å². The third-order valence-electron chi connectivity index (χ3n) is 3.77. The zero-order valence-electron chi connectivity index (χ0n) is 14.6. The van der Waals surface area contributed by atoms with Crippen LogP contribution in [0.25, 0.3) is 0 Å². The van der Waals surface area contributed by atoms with Crippen molar-refractivity contribution in [1.29, 1.82) is 0 Å². The Morgan fingerprint density at radius 3 is 1.44 bits per heavy atom. The van der Waals surface area contributed by atoms with Crippen LogP contribution >= 0.6 is 43.2 Å². The quantitative estimate of drug-likeness (QED) is 0.295. The van der Waals surface area contributed by atoms with E-state index in [0.29, 0.717) is 0 Å². The van der Waals surface area contributed by atoms with E-state index < -0.39 is 11.9 Å². The van der Waals surface area contributed by atoms with Crippen LogP contribution in [0.4, 0.5) is 0 Å². The van der Waals surface area contributed by atoms with Gasteiger partial charge in [-0.2, -0.15) is 0 Å². The van der Waals surface area contributed by atoms with Crippen LogP contribution in [0.3, 0.4) is 0 Å². The molecule has 2 atom stereocenters. The van der Waals surface area contributed by atoms with Gasteiger partial charge in [0.1, 0.15) is 0 Å². The van der Waals surface area contributed by atoms with Crippen LogP contribution < -0.4 is 10.2 Å². The molecule has 0 radical (unpaired) electrons. The maximum Gasteiger partial charge on any atom is 2.00 e. The van der Waals surface area contributed by atoms with Gasteiger partial charge in [-0.15, -0.1) is 0 Å². The molecular formula is C16H26MgO4S4. The average molecular weight is 435 g/mol. The Kier molecular flexibility index (Phi) is 18.0. The number of carboxylic acid groups (broad SMARTS) is 2. The number of unbranched alkanes of at least 4 members (excludes halogenated alkanes) is 2. The minimum atomic E-state index is -0.913. The zero-order chi connectivity index (χ0) is 17.6. The first-order valence-corrected chi connectivity index (χ1v) is 13.3. The van der Waals surface area contributed by atoms with Crippen molar-refractivity contribution < 1.29 is 19.8 Å². The molecule has 4 nitrogen and oxygen atoms in total. The number of hydrogen-bond acceptors (Lipinski definition) is 8. The molecule has 0 saturated carbocycles. The molecule has 0 aromatic carbocycles. The van der Waals surface area contributed by atoms with E-state index in [1.807, 2.05) is 43.2 Å². The molecule has 0 bridgehead atoms. The summed E-state index contributed by atoms with van der Waals surface area (Å²) < 4.78 is 0. The van der Waals surface area contributed by atoms with Gasteiger partial charge in [0.15, 0.2) is 0 Å². The molecule has 2 aliphatic rings. The zero-order valence-corrected chi connectivity index (χ0v) is 19.3. The molecule has 2 unspecified atom stereocenters. The SMILES string of the molecule is O=C([O-])CCCCC1CCSS1.O=C([O-])CCCCC1CCSS1.[Mg+2]. The summed E-state index contributed by atoms with van der Waals surface area (Å²) in [4.78, 5) is 20.1. The summed E-state index contributed by atoms with van der Waals surface area (Å²) in [6.45, 7) is 0. The molecule has 2 rings (SSSR count). The summed E-state index contributed by atoms with van der Waals surface area (Å²) >= 11 is 0. The first kappa shape index (κ1) is 26.1. The van der Waals surface area contributed by atoms with Gasteiger partial charge in [0, 0.05) is 33.9 Å². The van der Waals surface area contributed by atoms with Gasteiger partial charge in [-0.1, -0.05) is 56.0 Å². The number of carboxylic acids is 2. The Labute approximate surface area is 183 Å². The molecule has 9 heteroatoms. The summed E-state index contributed by atoms with van der Waals surface area (Å²) in [5, 5.41) is 21.7. The van der Waals surface area contributed by atoms with Crippen LogP contribution in [-0.2, 0) is 9.59 Å². The molecule has 0 amide bonds. The second-order valence-electron chi connectivity index (χ2n) is 5.89. The molecule has 0 spiro atoms. The Bertz CT molecular complexity index is 328. The van der Waals surface area contributed by atoms with Gasteiger partial charge < -0.3 is 19.8 Å². The minimum Gasteiger partial charge on any atom is -0.550 e. The summed E-state index contributed by atoms with van der Waals surface area (Å²) in [6, 6.07) is 0. The first-order chi connectivity index (χ1) is 11.6. The Balaban J connectivity index is 0.000000443. The summed E-state index contributed by atoms with van der Waals surface area (Å²) in [7, 11) is 7.78. The number of rotatable bonds is 10. The van der Waals surface area contributed by atoms with Crippen molar-refractivity contribution in [2.75, 3.05) is 11.5 Å². The Morgan fingerprint density at radius 2 is 1.16 bits per heavy atom. The van der Waals surface area contributed by atoms with E-state index in [1.165, 1.54) is 37.2 Å². The predicted octanol–water partition coefficient (Wildman–Crippen LogP) is 2.52. The van der Waals surface area contributed by atoms with E-state index in [9.17, 15) is 19.8 Å². The molecule has 2 saturated heterocycles. The normalized spacial score (nSPS) is 21.9. The van der Waals surface area contributed by atoms with Crippen LogP contribution in [0.1, 0.15) is 64.2 Å². The third kappa shape index (κ3) is 15.8. The second kappa shape index (κ2) is 17.2. The average Bonchev–Trinajstić information content (AvgIpc) is 3.22. The minimum absolute atomic E-state index is 0. The van der Waals surface area contributed by atoms with Gasteiger partial charge in [-0.05, 0) is 51.4 Å². The van der Waals surface area contributed by atoms with Crippen molar-refractivity contribution in [3.8, 4) is 0 Å². The fourth-order valence-corrected chi connectivity index (χ4v) is 8.47. The van der Waals surface area contributed by atoms with Crippen molar-refractivity contribution in [2.45, 2.75) is 74.7 Å². The van der Waals surface area contributed by atoms with Gasteiger partial charge >= 0.3 is 23.1 Å². The van der Waals surface area contributed by atoms with Gasteiger partial charge in [-0.25, -0.2) is 0 Å². The number of carbonyl (C=O) groups excluding carboxylic acids is 2. The summed E-state index contributed by atoms with van der Waals surface area (Å²) in [5.41, 5.74) is 0. The van der Waals surface area contributed by atoms with E-state index in [1.54, 1.807) is 0 Å². The number of carbonyl (C=O) groups is 2. The fraction of sp³-hybridized carbons (Fsp3) is 0.875. The third-order valence-corrected chi connectivity index (χ3v) is 9.78. The van der Waals surface area contributed by atoms with Crippen molar-refractivity contribution >= 4 is 78.2 Å². The Morgan fingerprint density at radius 1 is 0.760 bits per heavy atom. The van der Waals surface area contributed by atoms with Gasteiger partial charge in [-0.3, -0.25) is 0 Å². The Hall–Kier alpha value is 1.11. The topological polar surface area (TPSA) is 80.3 Å². The molecule has 0 aliphatic carbocycles.